The lowest BCUT2D eigenvalue weighted by atomic mass is 9.92. The molecule has 6 rings (SSSR count). The zero-order chi connectivity index (χ0) is 44.7. The van der Waals surface area contributed by atoms with Gasteiger partial charge < -0.3 is 4.55 Å². The molecule has 6 aromatic rings. The first kappa shape index (κ1) is 48.5. The summed E-state index contributed by atoms with van der Waals surface area (Å²) in [5.74, 6) is -0.445. The number of hydrogen-bond acceptors (Lipinski definition) is 3. The van der Waals surface area contributed by atoms with Gasteiger partial charge in [-0.25, -0.2) is 17.2 Å². The van der Waals surface area contributed by atoms with E-state index in [0.29, 0.717) is 10.3 Å². The van der Waals surface area contributed by atoms with Crippen LogP contribution in [-0.4, -0.2) is 23.0 Å². The van der Waals surface area contributed by atoms with E-state index in [2.05, 4.69) is 162 Å². The van der Waals surface area contributed by atoms with Gasteiger partial charge in [0.05, 0.1) is 7.92 Å². The van der Waals surface area contributed by atoms with Gasteiger partial charge in [-0.05, 0) is 69.6 Å². The van der Waals surface area contributed by atoms with E-state index in [4.69, 9.17) is 36.2 Å². The van der Waals surface area contributed by atoms with Gasteiger partial charge >= 0.3 is 5.51 Å². The van der Waals surface area contributed by atoms with E-state index in [9.17, 15) is 22.0 Å². The van der Waals surface area contributed by atoms with Gasteiger partial charge in [0.15, 0.2) is 21.8 Å². The number of benzene rings is 5. The predicted molar refractivity (Wildman–Crippen MR) is 234 cm³/mol. The molecule has 0 saturated heterocycles. The Morgan fingerprint density at radius 3 is 1.23 bits per heavy atom. The fourth-order valence-electron chi connectivity index (χ4n) is 6.57. The molecule has 0 bridgehead atoms. The number of nitrogens with zero attached hydrogens (tertiary/aromatic N) is 2. The van der Waals surface area contributed by atoms with E-state index >= 15 is 0 Å². The van der Waals surface area contributed by atoms with Crippen LogP contribution in [0.1, 0.15) is 101 Å². The quantitative estimate of drug-likeness (QED) is 0.0477. The molecule has 0 aliphatic carbocycles. The van der Waals surface area contributed by atoms with Crippen LogP contribution in [0.2, 0.25) is 10.3 Å². The van der Waals surface area contributed by atoms with Crippen LogP contribution in [0.4, 0.5) is 22.0 Å². The van der Waals surface area contributed by atoms with Gasteiger partial charge in [0.1, 0.15) is 11.4 Å². The van der Waals surface area contributed by atoms with Crippen molar-refractivity contribution < 1.29 is 39.5 Å². The molecule has 320 valence electrons. The number of para-hydroxylation sites is 2. The van der Waals surface area contributed by atoms with E-state index in [1.165, 1.54) is 45.0 Å². The Morgan fingerprint density at radius 2 is 0.917 bits per heavy atom. The second-order valence-corrected chi connectivity index (χ2v) is 19.3. The third-order valence-corrected chi connectivity index (χ3v) is 13.2. The van der Waals surface area contributed by atoms with Crippen LogP contribution < -0.4 is 20.7 Å². The van der Waals surface area contributed by atoms with Crippen LogP contribution in [0.5, 0.6) is 0 Å². The van der Waals surface area contributed by atoms with Crippen molar-refractivity contribution in [2.75, 3.05) is 0 Å². The van der Waals surface area contributed by atoms with Gasteiger partial charge in [0, 0.05) is 22.3 Å². The fourth-order valence-corrected chi connectivity index (χ4v) is 9.69. The summed E-state index contributed by atoms with van der Waals surface area (Å²) >= 11 is 15.1. The van der Waals surface area contributed by atoms with Crippen LogP contribution >= 0.6 is 31.1 Å². The molecule has 5 nitrogen and oxygen atoms in total. The molecule has 0 radical (unpaired) electrons. The van der Waals surface area contributed by atoms with Crippen molar-refractivity contribution in [2.45, 2.75) is 84.6 Å². The molecule has 0 unspecified atom stereocenters. The smallest absolute Gasteiger partial charge is 0.485 e. The summed E-state index contributed by atoms with van der Waals surface area (Å²) < 4.78 is 87.4. The predicted octanol–water partition coefficient (Wildman–Crippen LogP) is 12.3. The van der Waals surface area contributed by atoms with Gasteiger partial charge in [0.2, 0.25) is 0 Å². The Bertz CT molecular complexity index is 2280. The molecular formula is C46H48Cl2F5N2O3PS. The first-order valence-corrected chi connectivity index (χ1v) is 22.7. The van der Waals surface area contributed by atoms with Crippen LogP contribution in [0.3, 0.4) is 0 Å². The second-order valence-electron chi connectivity index (χ2n) is 15.1. The van der Waals surface area contributed by atoms with Crippen molar-refractivity contribution >= 4 is 57.4 Å². The summed E-state index contributed by atoms with van der Waals surface area (Å²) in [5.41, 5.74) is 2.78. The lowest BCUT2D eigenvalue weighted by molar-refractivity contribution is -0.573. The maximum Gasteiger partial charge on any atom is 0.485 e. The van der Waals surface area contributed by atoms with Crippen molar-refractivity contribution in [1.29, 1.82) is 0 Å². The summed E-state index contributed by atoms with van der Waals surface area (Å²) in [6.07, 6.45) is 0. The highest BCUT2D eigenvalue weighted by Crippen LogP contribution is 2.41. The largest absolute Gasteiger partial charge is 0.741 e. The van der Waals surface area contributed by atoms with Crippen LogP contribution in [0, 0.1) is 11.6 Å². The molecule has 0 amide bonds. The Hall–Kier alpha value is -4.12. The van der Waals surface area contributed by atoms with Crippen LogP contribution in [0.25, 0.3) is 11.4 Å². The van der Waals surface area contributed by atoms with Gasteiger partial charge in [-0.2, -0.15) is 22.3 Å². The van der Waals surface area contributed by atoms with Gasteiger partial charge in [-0.15, -0.1) is 0 Å². The Morgan fingerprint density at radius 1 is 0.583 bits per heavy atom. The number of aromatic nitrogens is 2. The first-order valence-electron chi connectivity index (χ1n) is 19.2. The molecule has 14 heteroatoms. The fraction of sp³-hybridized carbons (Fsp3) is 0.283. The molecule has 0 aliphatic rings. The van der Waals surface area contributed by atoms with E-state index in [0.717, 1.165) is 29.1 Å². The molecule has 5 aromatic carbocycles. The molecule has 1 heterocycles. The third kappa shape index (κ3) is 11.2. The zero-order valence-corrected chi connectivity index (χ0v) is 37.7. The average molecular weight is 906 g/mol. The third-order valence-electron chi connectivity index (χ3n) is 9.43. The molecular weight excluding hydrogens is 857 g/mol. The Kier molecular flexibility index (Phi) is 16.7. The van der Waals surface area contributed by atoms with E-state index in [1.807, 2.05) is 0 Å². The van der Waals surface area contributed by atoms with Gasteiger partial charge in [-0.3, -0.25) is 0 Å². The highest BCUT2D eigenvalue weighted by Gasteiger charge is 2.42. The van der Waals surface area contributed by atoms with Crippen molar-refractivity contribution in [3.8, 4) is 11.4 Å². The van der Waals surface area contributed by atoms with Crippen molar-refractivity contribution in [3.63, 3.8) is 0 Å². The summed E-state index contributed by atoms with van der Waals surface area (Å²) in [5, 5.41) is 3.58. The molecule has 0 spiro atoms. The normalized spacial score (nSPS) is 11.9. The molecule has 60 heavy (non-hydrogen) atoms. The van der Waals surface area contributed by atoms with Crippen LogP contribution in [-0.2, 0) is 10.1 Å². The summed E-state index contributed by atoms with van der Waals surface area (Å²) in [4.78, 5) is 0. The van der Waals surface area contributed by atoms with Gasteiger partial charge in [0.25, 0.3) is 15.9 Å². The van der Waals surface area contributed by atoms with E-state index in [-0.39, 0.29) is 23.7 Å². The lowest BCUT2D eigenvalue weighted by Crippen LogP contribution is -2.51. The minimum Gasteiger partial charge on any atom is -0.741 e. The van der Waals surface area contributed by atoms with Gasteiger partial charge in [-0.1, -0.05) is 165 Å². The maximum absolute atomic E-state index is 11.9. The second kappa shape index (κ2) is 20.6. The molecule has 0 aliphatic heterocycles. The SMILES string of the molecule is CC(C)c1cccc(C(C)C)c1-n1c(Cl)c(Cl)[n+](-c2c(C(C)C)cccc2C(C)C)c1P(c1ccccc1)c1ccccc1.Fc1ccccc1F.O=S(=O)([O-])C(F)(F)F. The maximum atomic E-state index is 11.9. The minimum absolute atomic E-state index is 0.288. The topological polar surface area (TPSA) is 66.0 Å². The summed E-state index contributed by atoms with van der Waals surface area (Å²) in [6, 6.07) is 40.1. The monoisotopic (exact) mass is 904 g/mol. The summed E-state index contributed by atoms with van der Waals surface area (Å²) in [6.45, 7) is 18.1. The number of imidazole rings is 1. The standard InChI is InChI=1S/C39H44Cl2N2P.C6H4F2.CHF3O3S/c1-25(2)31-21-15-22-32(26(3)4)35(31)42-37(40)38(41)43(36-33(27(5)6)23-16-24-34(36)28(7)8)39(42)44(29-17-11-9-12-18-29)30-19-13-10-14-20-30;7-5-3-1-2-4-6(5)8;2-1(3,4)8(5,6)7/h9-28H,1-8H3;1-4H;(H,5,6,7)/q+1;;/p-1. The number of alkyl halides is 3. The first-order chi connectivity index (χ1) is 28.1. The lowest BCUT2D eigenvalue weighted by Gasteiger charge is -2.23. The number of halogens is 7. The number of rotatable bonds is 9. The Balaban J connectivity index is 0.000000414. The highest BCUT2D eigenvalue weighted by atomic mass is 35.5. The van der Waals surface area contributed by atoms with Crippen molar-refractivity contribution in [3.05, 3.63) is 166 Å². The van der Waals surface area contributed by atoms with Crippen LogP contribution in [0.15, 0.2) is 121 Å². The summed E-state index contributed by atoms with van der Waals surface area (Å²) in [7, 11) is -7.19. The van der Waals surface area contributed by atoms with E-state index < -0.39 is 35.2 Å². The average Bonchev–Trinajstić information content (AvgIpc) is 3.44. The molecule has 0 N–H and O–H groups in total. The molecule has 0 saturated carbocycles. The molecule has 0 atom stereocenters. The van der Waals surface area contributed by atoms with E-state index in [1.54, 1.807) is 0 Å². The molecule has 1 aromatic heterocycles. The Labute approximate surface area is 361 Å². The minimum atomic E-state index is -6.09. The van der Waals surface area contributed by atoms with Crippen molar-refractivity contribution in [1.82, 2.24) is 4.57 Å². The van der Waals surface area contributed by atoms with Crippen molar-refractivity contribution in [2.24, 2.45) is 0 Å². The highest BCUT2D eigenvalue weighted by molar-refractivity contribution is 7.86. The molecule has 0 fully saturated rings. The zero-order valence-electron chi connectivity index (χ0n) is 34.5. The number of hydrogen-bond donors (Lipinski definition) is 0.